The van der Waals surface area contributed by atoms with Gasteiger partial charge in [-0.05, 0) is 36.8 Å². The van der Waals surface area contributed by atoms with Crippen LogP contribution in [0.3, 0.4) is 0 Å². The molecule has 0 atom stereocenters. The average molecular weight is 376 g/mol. The summed E-state index contributed by atoms with van der Waals surface area (Å²) < 4.78 is 39.2. The number of hydrogen-bond donors (Lipinski definition) is 1. The van der Waals surface area contributed by atoms with Crippen molar-refractivity contribution in [3.8, 4) is 0 Å². The molecule has 140 valence electrons. The standard InChI is InChI=1S/C18H15F3N4O2/c19-18(20,21)12-5-3-6-13(11-12)22-16(26)9-4-10-25-17(27)14-7-1-2-8-15(14)23-24-25/h1-3,5-8,11H,4,9-10H2,(H,22,26). The third kappa shape index (κ3) is 4.49. The van der Waals surface area contributed by atoms with E-state index in [2.05, 4.69) is 15.6 Å². The van der Waals surface area contributed by atoms with Crippen molar-refractivity contribution < 1.29 is 18.0 Å². The number of aryl methyl sites for hydroxylation is 1. The SMILES string of the molecule is O=C(CCCn1nnc2ccccc2c1=O)Nc1cccc(C(F)(F)F)c1. The molecule has 0 spiro atoms. The van der Waals surface area contributed by atoms with Crippen molar-refractivity contribution in [2.75, 3.05) is 5.32 Å². The summed E-state index contributed by atoms with van der Waals surface area (Å²) in [7, 11) is 0. The molecular weight excluding hydrogens is 361 g/mol. The number of hydrogen-bond acceptors (Lipinski definition) is 4. The second kappa shape index (κ2) is 7.56. The van der Waals surface area contributed by atoms with Crippen molar-refractivity contribution in [1.29, 1.82) is 0 Å². The minimum atomic E-state index is -4.48. The number of aromatic nitrogens is 3. The van der Waals surface area contributed by atoms with Gasteiger partial charge in [0.25, 0.3) is 5.56 Å². The molecule has 27 heavy (non-hydrogen) atoms. The number of carbonyl (C=O) groups is 1. The first-order chi connectivity index (χ1) is 12.8. The predicted molar refractivity (Wildman–Crippen MR) is 93.1 cm³/mol. The fourth-order valence-corrected chi connectivity index (χ4v) is 2.56. The van der Waals surface area contributed by atoms with Gasteiger partial charge in [0.15, 0.2) is 0 Å². The molecule has 0 aliphatic rings. The van der Waals surface area contributed by atoms with Crippen LogP contribution >= 0.6 is 0 Å². The summed E-state index contributed by atoms with van der Waals surface area (Å²) in [5.41, 5.74) is -0.587. The monoisotopic (exact) mass is 376 g/mol. The van der Waals surface area contributed by atoms with E-state index in [1.807, 2.05) is 0 Å². The van der Waals surface area contributed by atoms with Crippen LogP contribution in [0.5, 0.6) is 0 Å². The Bertz CT molecular complexity index is 1030. The Morgan fingerprint density at radius 2 is 1.89 bits per heavy atom. The van der Waals surface area contributed by atoms with Crippen molar-refractivity contribution in [2.45, 2.75) is 25.6 Å². The number of anilines is 1. The summed E-state index contributed by atoms with van der Waals surface area (Å²) in [6, 6.07) is 11.2. The summed E-state index contributed by atoms with van der Waals surface area (Å²) in [5, 5.41) is 10.6. The van der Waals surface area contributed by atoms with E-state index in [9.17, 15) is 22.8 Å². The van der Waals surface area contributed by atoms with E-state index in [0.29, 0.717) is 10.9 Å². The normalized spacial score (nSPS) is 11.5. The first-order valence-corrected chi connectivity index (χ1v) is 8.14. The zero-order valence-corrected chi connectivity index (χ0v) is 14.0. The zero-order chi connectivity index (χ0) is 19.4. The highest BCUT2D eigenvalue weighted by Crippen LogP contribution is 2.30. The van der Waals surface area contributed by atoms with Gasteiger partial charge in [0.2, 0.25) is 5.91 Å². The molecule has 1 aromatic heterocycles. The minimum Gasteiger partial charge on any atom is -0.326 e. The molecule has 0 saturated carbocycles. The van der Waals surface area contributed by atoms with Gasteiger partial charge >= 0.3 is 6.18 Å². The van der Waals surface area contributed by atoms with Gasteiger partial charge in [-0.1, -0.05) is 23.4 Å². The van der Waals surface area contributed by atoms with E-state index in [1.54, 1.807) is 24.3 Å². The van der Waals surface area contributed by atoms with E-state index >= 15 is 0 Å². The number of carbonyl (C=O) groups excluding carboxylic acids is 1. The molecular formula is C18H15F3N4O2. The Hall–Kier alpha value is -3.23. The van der Waals surface area contributed by atoms with Crippen LogP contribution in [0.25, 0.3) is 10.9 Å². The molecule has 0 bridgehead atoms. The van der Waals surface area contributed by atoms with E-state index < -0.39 is 17.6 Å². The molecule has 0 aliphatic carbocycles. The predicted octanol–water partition coefficient (Wildman–Crippen LogP) is 3.23. The average Bonchev–Trinajstić information content (AvgIpc) is 2.63. The molecule has 0 fully saturated rings. The van der Waals surface area contributed by atoms with Crippen molar-refractivity contribution in [2.24, 2.45) is 0 Å². The van der Waals surface area contributed by atoms with Gasteiger partial charge in [-0.3, -0.25) is 9.59 Å². The molecule has 1 N–H and O–H groups in total. The van der Waals surface area contributed by atoms with E-state index in [-0.39, 0.29) is 30.6 Å². The van der Waals surface area contributed by atoms with Crippen LogP contribution < -0.4 is 10.9 Å². The molecule has 1 amide bonds. The number of benzene rings is 2. The number of amides is 1. The summed E-state index contributed by atoms with van der Waals surface area (Å²) >= 11 is 0. The van der Waals surface area contributed by atoms with E-state index in [1.165, 1.54) is 16.8 Å². The Balaban J connectivity index is 1.59. The summed E-state index contributed by atoms with van der Waals surface area (Å²) in [6.07, 6.45) is -4.16. The fraction of sp³-hybridized carbons (Fsp3) is 0.222. The smallest absolute Gasteiger partial charge is 0.326 e. The molecule has 0 saturated heterocycles. The number of rotatable bonds is 5. The number of halogens is 3. The van der Waals surface area contributed by atoms with Crippen LogP contribution in [0, 0.1) is 0 Å². The Kier molecular flexibility index (Phi) is 5.20. The van der Waals surface area contributed by atoms with Crippen molar-refractivity contribution >= 4 is 22.5 Å². The lowest BCUT2D eigenvalue weighted by atomic mass is 10.2. The van der Waals surface area contributed by atoms with Gasteiger partial charge in [0, 0.05) is 18.7 Å². The maximum Gasteiger partial charge on any atom is 0.416 e. The molecule has 9 heteroatoms. The van der Waals surface area contributed by atoms with Crippen LogP contribution in [0.15, 0.2) is 53.3 Å². The van der Waals surface area contributed by atoms with Crippen molar-refractivity contribution in [3.05, 3.63) is 64.4 Å². The third-order valence-electron chi connectivity index (χ3n) is 3.88. The first kappa shape index (κ1) is 18.6. The minimum absolute atomic E-state index is 0.0250. The van der Waals surface area contributed by atoms with Gasteiger partial charge in [-0.2, -0.15) is 13.2 Å². The summed E-state index contributed by atoms with van der Waals surface area (Å²) in [4.78, 5) is 24.2. The molecule has 3 rings (SSSR count). The molecule has 0 radical (unpaired) electrons. The van der Waals surface area contributed by atoms with Gasteiger partial charge in [-0.25, -0.2) is 4.68 Å². The van der Waals surface area contributed by atoms with Crippen molar-refractivity contribution in [3.63, 3.8) is 0 Å². The van der Waals surface area contributed by atoms with Gasteiger partial charge in [0.1, 0.15) is 5.52 Å². The quantitative estimate of drug-likeness (QED) is 0.742. The maximum atomic E-state index is 12.7. The second-order valence-electron chi connectivity index (χ2n) is 5.87. The number of alkyl halides is 3. The fourth-order valence-electron chi connectivity index (χ4n) is 2.56. The molecule has 3 aromatic rings. The Labute approximate surface area is 151 Å². The molecule has 0 aliphatic heterocycles. The number of nitrogens with one attached hydrogen (secondary N) is 1. The van der Waals surface area contributed by atoms with E-state index in [4.69, 9.17) is 0 Å². The molecule has 1 heterocycles. The van der Waals surface area contributed by atoms with Crippen molar-refractivity contribution in [1.82, 2.24) is 15.0 Å². The highest BCUT2D eigenvalue weighted by Gasteiger charge is 2.30. The summed E-state index contributed by atoms with van der Waals surface area (Å²) in [5.74, 6) is -0.448. The second-order valence-corrected chi connectivity index (χ2v) is 5.87. The highest BCUT2D eigenvalue weighted by atomic mass is 19.4. The number of nitrogens with zero attached hydrogens (tertiary/aromatic N) is 3. The molecule has 6 nitrogen and oxygen atoms in total. The van der Waals surface area contributed by atoms with Crippen LogP contribution in [0.1, 0.15) is 18.4 Å². The Morgan fingerprint density at radius 1 is 1.11 bits per heavy atom. The van der Waals surface area contributed by atoms with Crippen LogP contribution in [0.4, 0.5) is 18.9 Å². The molecule has 2 aromatic carbocycles. The molecule has 0 unspecified atom stereocenters. The van der Waals surface area contributed by atoms with Gasteiger partial charge in [0.05, 0.1) is 10.9 Å². The van der Waals surface area contributed by atoms with Gasteiger partial charge < -0.3 is 5.32 Å². The summed E-state index contributed by atoms with van der Waals surface area (Å²) in [6.45, 7) is 0.173. The topological polar surface area (TPSA) is 76.9 Å². The lowest BCUT2D eigenvalue weighted by Gasteiger charge is -2.10. The maximum absolute atomic E-state index is 12.7. The lowest BCUT2D eigenvalue weighted by Crippen LogP contribution is -2.25. The van der Waals surface area contributed by atoms with Gasteiger partial charge in [-0.15, -0.1) is 5.10 Å². The zero-order valence-electron chi connectivity index (χ0n) is 14.0. The lowest BCUT2D eigenvalue weighted by molar-refractivity contribution is -0.137. The van der Waals surface area contributed by atoms with Crippen LogP contribution in [-0.4, -0.2) is 20.9 Å². The van der Waals surface area contributed by atoms with E-state index in [0.717, 1.165) is 12.1 Å². The Morgan fingerprint density at radius 3 is 2.67 bits per heavy atom. The first-order valence-electron chi connectivity index (χ1n) is 8.14. The number of fused-ring (bicyclic) bond motifs is 1. The largest absolute Gasteiger partial charge is 0.416 e. The third-order valence-corrected chi connectivity index (χ3v) is 3.88. The van der Waals surface area contributed by atoms with Crippen LogP contribution in [0.2, 0.25) is 0 Å². The highest BCUT2D eigenvalue weighted by molar-refractivity contribution is 5.90. The van der Waals surface area contributed by atoms with Crippen LogP contribution in [-0.2, 0) is 17.5 Å².